The van der Waals surface area contributed by atoms with Crippen LogP contribution in [0.5, 0.6) is 0 Å². The van der Waals surface area contributed by atoms with E-state index in [4.69, 9.17) is 14.8 Å². The fourth-order valence-corrected chi connectivity index (χ4v) is 11.7. The lowest BCUT2D eigenvalue weighted by atomic mass is 9.52. The molecular formula is C44H82I2N2O6. The molecule has 2 rings (SSSR count). The number of carboxylic acids is 2. The molecule has 2 atom stereocenters. The lowest BCUT2D eigenvalue weighted by Crippen LogP contribution is -2.67. The zero-order chi connectivity index (χ0) is 40.8. The standard InChI is InChI=1S/C44H82I2N2O6/c1-11-13-15-18-22-26-36(45)53-47-40(3,4)30-34(31-41(47,5)6)44(39(51)52,29-25-21-17-20-24-28-38(49)50)35-32-42(7,8)48(43(9,10)33-35)54-37(46)27-23-19-16-14-12-2/h34-37H,11-33H2,1-10H3,(H,49,50)(H,51,52). The Bertz CT molecular complexity index is 1020. The van der Waals surface area contributed by atoms with E-state index in [-0.39, 0.29) is 48.6 Å². The molecule has 0 saturated carbocycles. The molecule has 0 aromatic carbocycles. The molecule has 0 radical (unpaired) electrons. The van der Waals surface area contributed by atoms with Crippen LogP contribution in [0.1, 0.15) is 217 Å². The van der Waals surface area contributed by atoms with Gasteiger partial charge in [0, 0.05) is 28.6 Å². The number of nitrogens with zero attached hydrogens (tertiary/aromatic N) is 2. The minimum atomic E-state index is -0.908. The first kappa shape index (κ1) is 50.4. The highest BCUT2D eigenvalue weighted by molar-refractivity contribution is 14.1. The molecule has 8 nitrogen and oxygen atoms in total. The molecule has 0 aromatic rings. The zero-order valence-corrected chi connectivity index (χ0v) is 40.6. The molecule has 2 saturated heterocycles. The van der Waals surface area contributed by atoms with Crippen molar-refractivity contribution in [1.82, 2.24) is 10.1 Å². The molecule has 2 heterocycles. The molecule has 0 aromatic heterocycles. The van der Waals surface area contributed by atoms with Gasteiger partial charge in [0.1, 0.15) is 8.22 Å². The van der Waals surface area contributed by atoms with Gasteiger partial charge in [0.25, 0.3) is 0 Å². The number of hydrogen-bond acceptors (Lipinski definition) is 6. The third-order valence-electron chi connectivity index (χ3n) is 12.5. The average Bonchev–Trinajstić information content (AvgIpc) is 3.04. The highest BCUT2D eigenvalue weighted by Gasteiger charge is 2.62. The van der Waals surface area contributed by atoms with E-state index in [0.29, 0.717) is 12.8 Å². The SMILES string of the molecule is CCCCCCCC(I)ON1C(C)(C)CC(C(CCCCCCCC(=O)O)(C(=O)O)C2CC(C)(C)N(OC(I)CCCCCCC)C(C)(C)C2)CC1(C)C. The second-order valence-corrected chi connectivity index (χ2v) is 22.3. The molecule has 54 heavy (non-hydrogen) atoms. The van der Waals surface area contributed by atoms with E-state index < -0.39 is 17.4 Å². The fraction of sp³-hybridized carbons (Fsp3) is 0.955. The molecule has 2 N–H and O–H groups in total. The molecule has 0 aliphatic carbocycles. The summed E-state index contributed by atoms with van der Waals surface area (Å²) < 4.78 is 0.155. The Balaban J connectivity index is 2.40. The molecule has 2 unspecified atom stereocenters. The van der Waals surface area contributed by atoms with Gasteiger partial charge in [-0.1, -0.05) is 90.9 Å². The zero-order valence-electron chi connectivity index (χ0n) is 36.3. The molecule has 0 bridgehead atoms. The van der Waals surface area contributed by atoms with Crippen molar-refractivity contribution >= 4 is 57.1 Å². The maximum atomic E-state index is 14.3. The maximum absolute atomic E-state index is 14.3. The third kappa shape index (κ3) is 15.1. The lowest BCUT2D eigenvalue weighted by Gasteiger charge is -2.61. The predicted molar refractivity (Wildman–Crippen MR) is 240 cm³/mol. The molecule has 2 fully saturated rings. The highest BCUT2D eigenvalue weighted by Crippen LogP contribution is 2.59. The second-order valence-electron chi connectivity index (χ2n) is 19.5. The summed E-state index contributed by atoms with van der Waals surface area (Å²) in [6, 6.07) is 0. The van der Waals surface area contributed by atoms with Crippen molar-refractivity contribution in [3.05, 3.63) is 0 Å². The van der Waals surface area contributed by atoms with Crippen molar-refractivity contribution in [3.63, 3.8) is 0 Å². The Hall–Kier alpha value is 0.240. The van der Waals surface area contributed by atoms with Crippen molar-refractivity contribution in [2.24, 2.45) is 17.3 Å². The Morgan fingerprint density at radius 3 is 1.28 bits per heavy atom. The molecule has 2 aliphatic rings. The van der Waals surface area contributed by atoms with Crippen LogP contribution in [0.3, 0.4) is 0 Å². The number of aliphatic carboxylic acids is 2. The maximum Gasteiger partial charge on any atom is 0.310 e. The topological polar surface area (TPSA) is 99.5 Å². The Labute approximate surface area is 359 Å². The van der Waals surface area contributed by atoms with Gasteiger partial charge in [-0.25, -0.2) is 0 Å². The number of hydrogen-bond donors (Lipinski definition) is 2. The summed E-state index contributed by atoms with van der Waals surface area (Å²) in [5.41, 5.74) is -2.31. The Morgan fingerprint density at radius 1 is 0.593 bits per heavy atom. The van der Waals surface area contributed by atoms with E-state index in [9.17, 15) is 14.7 Å². The van der Waals surface area contributed by atoms with Crippen molar-refractivity contribution in [1.29, 1.82) is 0 Å². The first-order valence-electron chi connectivity index (χ1n) is 21.8. The molecule has 0 amide bonds. The fourth-order valence-electron chi connectivity index (χ4n) is 10.4. The highest BCUT2D eigenvalue weighted by atomic mass is 127. The van der Waals surface area contributed by atoms with Crippen LogP contribution in [0.25, 0.3) is 0 Å². The van der Waals surface area contributed by atoms with E-state index in [1.165, 1.54) is 51.4 Å². The number of piperidine rings is 2. The minimum Gasteiger partial charge on any atom is -0.481 e. The van der Waals surface area contributed by atoms with Crippen LogP contribution < -0.4 is 0 Å². The first-order valence-corrected chi connectivity index (χ1v) is 24.3. The normalized spacial score (nSPS) is 22.8. The van der Waals surface area contributed by atoms with E-state index in [1.807, 2.05) is 0 Å². The van der Waals surface area contributed by atoms with Crippen molar-refractivity contribution in [2.45, 2.75) is 247 Å². The van der Waals surface area contributed by atoms with E-state index >= 15 is 0 Å². The average molecular weight is 989 g/mol. The summed E-state index contributed by atoms with van der Waals surface area (Å²) in [5, 5.41) is 25.3. The van der Waals surface area contributed by atoms with Gasteiger partial charge in [0.2, 0.25) is 0 Å². The van der Waals surface area contributed by atoms with E-state index in [1.54, 1.807) is 0 Å². The van der Waals surface area contributed by atoms with Crippen molar-refractivity contribution < 1.29 is 29.5 Å². The van der Waals surface area contributed by atoms with Crippen molar-refractivity contribution in [3.8, 4) is 0 Å². The van der Waals surface area contributed by atoms with Crippen LogP contribution in [0.2, 0.25) is 0 Å². The van der Waals surface area contributed by atoms with Gasteiger partial charge in [-0.15, -0.1) is 0 Å². The third-order valence-corrected chi connectivity index (χ3v) is 14.2. The molecule has 2 aliphatic heterocycles. The van der Waals surface area contributed by atoms with Crippen LogP contribution in [0, 0.1) is 17.3 Å². The van der Waals surface area contributed by atoms with E-state index in [0.717, 1.165) is 77.0 Å². The van der Waals surface area contributed by atoms with Crippen LogP contribution in [0.4, 0.5) is 0 Å². The quantitative estimate of drug-likeness (QED) is 0.0477. The molecule has 10 heteroatoms. The first-order chi connectivity index (χ1) is 25.2. The number of carbonyl (C=O) groups is 2. The van der Waals surface area contributed by atoms with Gasteiger partial charge in [-0.3, -0.25) is 19.3 Å². The van der Waals surface area contributed by atoms with Gasteiger partial charge < -0.3 is 10.2 Å². The predicted octanol–water partition coefficient (Wildman–Crippen LogP) is 13.5. The van der Waals surface area contributed by atoms with Crippen LogP contribution in [0.15, 0.2) is 0 Å². The number of halogens is 2. The number of unbranched alkanes of at least 4 members (excludes halogenated alkanes) is 12. The van der Waals surface area contributed by atoms with Crippen LogP contribution in [-0.2, 0) is 19.3 Å². The van der Waals surface area contributed by atoms with Gasteiger partial charge in [0.15, 0.2) is 0 Å². The monoisotopic (exact) mass is 988 g/mol. The summed E-state index contributed by atoms with van der Waals surface area (Å²) in [4.78, 5) is 39.0. The van der Waals surface area contributed by atoms with Crippen molar-refractivity contribution in [2.75, 3.05) is 0 Å². The summed E-state index contributed by atoms with van der Waals surface area (Å²) in [7, 11) is 0. The number of rotatable bonds is 27. The largest absolute Gasteiger partial charge is 0.481 e. The smallest absolute Gasteiger partial charge is 0.310 e. The molecule has 318 valence electrons. The minimum absolute atomic E-state index is 0.0296. The van der Waals surface area contributed by atoms with Gasteiger partial charge in [-0.05, 0) is 177 Å². The molecule has 0 spiro atoms. The number of alkyl halides is 2. The summed E-state index contributed by atoms with van der Waals surface area (Å²) in [6.07, 6.45) is 22.5. The second kappa shape index (κ2) is 23.1. The van der Waals surface area contributed by atoms with Gasteiger partial charge in [-0.2, -0.15) is 10.1 Å². The van der Waals surface area contributed by atoms with Crippen LogP contribution >= 0.6 is 45.2 Å². The Kier molecular flexibility index (Phi) is 21.6. The lowest BCUT2D eigenvalue weighted by molar-refractivity contribution is -0.310. The molecular weight excluding hydrogens is 906 g/mol. The number of carboxylic acid groups (broad SMARTS) is 2. The van der Waals surface area contributed by atoms with E-state index in [2.05, 4.69) is 125 Å². The van der Waals surface area contributed by atoms with Gasteiger partial charge in [0.05, 0.1) is 5.41 Å². The summed E-state index contributed by atoms with van der Waals surface area (Å²) in [6.45, 7) is 22.6. The van der Waals surface area contributed by atoms with Gasteiger partial charge >= 0.3 is 11.9 Å². The summed E-state index contributed by atoms with van der Waals surface area (Å²) in [5.74, 6) is -1.46. The Morgan fingerprint density at radius 2 is 0.926 bits per heavy atom. The van der Waals surface area contributed by atoms with Crippen LogP contribution in [-0.4, -0.2) is 62.7 Å². The summed E-state index contributed by atoms with van der Waals surface area (Å²) >= 11 is 4.93. The number of hydroxylamine groups is 4.